The quantitative estimate of drug-likeness (QED) is 0.613. The van der Waals surface area contributed by atoms with Gasteiger partial charge in [-0.05, 0) is 18.2 Å². The van der Waals surface area contributed by atoms with Crippen molar-refractivity contribution in [2.24, 2.45) is 0 Å². The van der Waals surface area contributed by atoms with Gasteiger partial charge in [-0.1, -0.05) is 23.4 Å². The minimum Gasteiger partial charge on any atom is -0.258 e. The number of hydrogen-bond acceptors (Lipinski definition) is 4. The van der Waals surface area contributed by atoms with Gasteiger partial charge in [0.25, 0.3) is 5.69 Å². The normalized spacial score (nSPS) is 10.2. The fourth-order valence-corrected chi connectivity index (χ4v) is 2.67. The van der Waals surface area contributed by atoms with Crippen LogP contribution in [0.4, 0.5) is 14.5 Å². The maximum absolute atomic E-state index is 13.6. The van der Waals surface area contributed by atoms with Gasteiger partial charge in [0.1, 0.15) is 17.7 Å². The van der Waals surface area contributed by atoms with Gasteiger partial charge in [-0.3, -0.25) is 10.1 Å². The first kappa shape index (κ1) is 15.2. The maximum atomic E-state index is 13.6. The molecule has 0 amide bonds. The molecular formula is C13H5ClF2N2O2S. The van der Waals surface area contributed by atoms with E-state index in [-0.39, 0.29) is 26.1 Å². The van der Waals surface area contributed by atoms with Gasteiger partial charge in [0.05, 0.1) is 20.4 Å². The summed E-state index contributed by atoms with van der Waals surface area (Å²) in [7, 11) is 0. The van der Waals surface area contributed by atoms with Crippen LogP contribution in [0.15, 0.2) is 40.1 Å². The molecule has 0 heterocycles. The molecule has 2 aromatic carbocycles. The molecule has 0 bridgehead atoms. The Bertz CT molecular complexity index is 777. The molecule has 0 radical (unpaired) electrons. The molecule has 0 unspecified atom stereocenters. The van der Waals surface area contributed by atoms with Gasteiger partial charge in [0, 0.05) is 17.0 Å². The van der Waals surface area contributed by atoms with E-state index in [0.717, 1.165) is 23.9 Å². The fraction of sp³-hybridized carbons (Fsp3) is 0. The van der Waals surface area contributed by atoms with Gasteiger partial charge in [-0.15, -0.1) is 0 Å². The van der Waals surface area contributed by atoms with Crippen LogP contribution in [0.3, 0.4) is 0 Å². The molecule has 8 heteroatoms. The molecule has 0 saturated heterocycles. The van der Waals surface area contributed by atoms with Crippen LogP contribution < -0.4 is 0 Å². The van der Waals surface area contributed by atoms with E-state index in [1.165, 1.54) is 12.1 Å². The third-order valence-electron chi connectivity index (χ3n) is 2.48. The van der Waals surface area contributed by atoms with Gasteiger partial charge >= 0.3 is 0 Å². The van der Waals surface area contributed by atoms with Gasteiger partial charge in [0.15, 0.2) is 0 Å². The van der Waals surface area contributed by atoms with E-state index < -0.39 is 16.6 Å². The summed E-state index contributed by atoms with van der Waals surface area (Å²) in [6.07, 6.45) is 0. The average molecular weight is 327 g/mol. The fourth-order valence-electron chi connectivity index (χ4n) is 1.53. The molecule has 0 N–H and O–H groups in total. The van der Waals surface area contributed by atoms with E-state index in [1.807, 2.05) is 0 Å². The molecule has 0 saturated carbocycles. The van der Waals surface area contributed by atoms with E-state index >= 15 is 0 Å². The molecule has 0 aromatic heterocycles. The second-order valence-electron chi connectivity index (χ2n) is 3.85. The molecule has 0 fully saturated rings. The molecule has 2 rings (SSSR count). The molecule has 106 valence electrons. The Morgan fingerprint density at radius 1 is 1.24 bits per heavy atom. The second-order valence-corrected chi connectivity index (χ2v) is 5.34. The summed E-state index contributed by atoms with van der Waals surface area (Å²) in [5, 5.41) is 19.8. The van der Waals surface area contributed by atoms with Crippen molar-refractivity contribution in [2.75, 3.05) is 0 Å². The predicted molar refractivity (Wildman–Crippen MR) is 73.3 cm³/mol. The highest BCUT2D eigenvalue weighted by Crippen LogP contribution is 2.38. The first-order valence-electron chi connectivity index (χ1n) is 5.43. The van der Waals surface area contributed by atoms with Crippen LogP contribution in [0.5, 0.6) is 0 Å². The number of rotatable bonds is 3. The van der Waals surface area contributed by atoms with E-state index in [1.54, 1.807) is 6.07 Å². The first-order valence-corrected chi connectivity index (χ1v) is 6.62. The van der Waals surface area contributed by atoms with E-state index in [0.29, 0.717) is 6.07 Å². The molecule has 21 heavy (non-hydrogen) atoms. The number of nitrogens with zero attached hydrogens (tertiary/aromatic N) is 2. The summed E-state index contributed by atoms with van der Waals surface area (Å²) in [6, 6.07) is 6.91. The van der Waals surface area contributed by atoms with E-state index in [9.17, 15) is 18.9 Å². The molecule has 0 aliphatic rings. The molecule has 0 atom stereocenters. The van der Waals surface area contributed by atoms with Crippen molar-refractivity contribution < 1.29 is 13.7 Å². The van der Waals surface area contributed by atoms with Crippen molar-refractivity contribution >= 4 is 29.1 Å². The lowest BCUT2D eigenvalue weighted by atomic mass is 10.2. The maximum Gasteiger partial charge on any atom is 0.284 e. The molecule has 0 aliphatic heterocycles. The number of benzene rings is 2. The average Bonchev–Trinajstić information content (AvgIpc) is 2.42. The molecule has 4 nitrogen and oxygen atoms in total. The molecule has 0 aliphatic carbocycles. The summed E-state index contributed by atoms with van der Waals surface area (Å²) in [6.45, 7) is 0. The zero-order valence-electron chi connectivity index (χ0n) is 10.1. The van der Waals surface area contributed by atoms with Gasteiger partial charge < -0.3 is 0 Å². The monoisotopic (exact) mass is 326 g/mol. The lowest BCUT2D eigenvalue weighted by molar-refractivity contribution is -0.387. The third kappa shape index (κ3) is 3.29. The summed E-state index contributed by atoms with van der Waals surface area (Å²) in [5.41, 5.74) is -0.319. The zero-order chi connectivity index (χ0) is 15.6. The highest BCUT2D eigenvalue weighted by Gasteiger charge is 2.20. The van der Waals surface area contributed by atoms with Crippen LogP contribution in [0.25, 0.3) is 0 Å². The number of nitro groups is 1. The Hall–Kier alpha value is -2.17. The second kappa shape index (κ2) is 6.08. The molecule has 0 spiro atoms. The smallest absolute Gasteiger partial charge is 0.258 e. The summed E-state index contributed by atoms with van der Waals surface area (Å²) in [5.74, 6) is -1.59. The van der Waals surface area contributed by atoms with Crippen LogP contribution in [0.1, 0.15) is 5.56 Å². The Morgan fingerprint density at radius 3 is 2.52 bits per heavy atom. The Kier molecular flexibility index (Phi) is 4.40. The Balaban J connectivity index is 2.52. The summed E-state index contributed by atoms with van der Waals surface area (Å²) >= 11 is 6.46. The standard InChI is InChI=1S/C13H5ClF2N2O2S/c14-9-5-11(18(19)20)13(3-7(9)6-17)21-12-2-1-8(15)4-10(12)16/h1-5H. The lowest BCUT2D eigenvalue weighted by Gasteiger charge is -2.06. The van der Waals surface area contributed by atoms with Crippen molar-refractivity contribution in [1.82, 2.24) is 0 Å². The Morgan fingerprint density at radius 2 is 1.95 bits per heavy atom. The summed E-state index contributed by atoms with van der Waals surface area (Å²) < 4.78 is 26.5. The highest BCUT2D eigenvalue weighted by atomic mass is 35.5. The minimum absolute atomic E-state index is 0.00529. The number of hydrogen-bond donors (Lipinski definition) is 0. The summed E-state index contributed by atoms with van der Waals surface area (Å²) in [4.78, 5) is 10.4. The topological polar surface area (TPSA) is 66.9 Å². The van der Waals surface area contributed by atoms with Gasteiger partial charge in [0.2, 0.25) is 0 Å². The van der Waals surface area contributed by atoms with Crippen molar-refractivity contribution in [3.8, 4) is 6.07 Å². The van der Waals surface area contributed by atoms with Crippen LogP contribution >= 0.6 is 23.4 Å². The van der Waals surface area contributed by atoms with E-state index in [2.05, 4.69) is 0 Å². The van der Waals surface area contributed by atoms with Gasteiger partial charge in [-0.25, -0.2) is 8.78 Å². The zero-order valence-corrected chi connectivity index (χ0v) is 11.7. The predicted octanol–water partition coefficient (Wildman–Crippen LogP) is 4.55. The molecular weight excluding hydrogens is 322 g/mol. The number of nitro benzene ring substituents is 1. The lowest BCUT2D eigenvalue weighted by Crippen LogP contribution is -1.93. The van der Waals surface area contributed by atoms with Crippen molar-refractivity contribution in [3.05, 3.63) is 62.7 Å². The first-order chi connectivity index (χ1) is 9.92. The van der Waals surface area contributed by atoms with Gasteiger partial charge in [-0.2, -0.15) is 5.26 Å². The van der Waals surface area contributed by atoms with Crippen molar-refractivity contribution in [2.45, 2.75) is 9.79 Å². The van der Waals surface area contributed by atoms with Crippen LogP contribution in [0.2, 0.25) is 5.02 Å². The SMILES string of the molecule is N#Cc1cc(Sc2ccc(F)cc2F)c([N+](=O)[O-])cc1Cl. The van der Waals surface area contributed by atoms with Crippen LogP contribution in [0, 0.1) is 33.1 Å². The minimum atomic E-state index is -0.845. The highest BCUT2D eigenvalue weighted by molar-refractivity contribution is 7.99. The number of halogens is 3. The Labute approximate surface area is 127 Å². The van der Waals surface area contributed by atoms with Crippen LogP contribution in [-0.4, -0.2) is 4.92 Å². The van der Waals surface area contributed by atoms with Crippen LogP contribution in [-0.2, 0) is 0 Å². The van der Waals surface area contributed by atoms with Crippen molar-refractivity contribution in [1.29, 1.82) is 5.26 Å². The van der Waals surface area contributed by atoms with E-state index in [4.69, 9.17) is 16.9 Å². The molecule has 2 aromatic rings. The third-order valence-corrected chi connectivity index (χ3v) is 3.89. The number of nitriles is 1. The largest absolute Gasteiger partial charge is 0.284 e. The van der Waals surface area contributed by atoms with Crippen molar-refractivity contribution in [3.63, 3.8) is 0 Å².